The molecule has 0 aromatic carbocycles. The molecule has 1 amide bonds. The fourth-order valence-corrected chi connectivity index (χ4v) is 3.64. The summed E-state index contributed by atoms with van der Waals surface area (Å²) in [7, 11) is 7.89. The first-order chi connectivity index (χ1) is 11.0. The minimum atomic E-state index is -0.349. The second-order valence-electron chi connectivity index (χ2n) is 6.84. The first-order valence-electron chi connectivity index (χ1n) is 8.63. The van der Waals surface area contributed by atoms with Crippen molar-refractivity contribution in [1.29, 1.82) is 0 Å². The number of likely N-dealkylation sites (N-methyl/N-ethyl adjacent to an activating group) is 2. The number of aromatic nitrogens is 2. The summed E-state index contributed by atoms with van der Waals surface area (Å²) < 4.78 is 1.72. The normalized spacial score (nSPS) is 18.8. The third kappa shape index (κ3) is 4.78. The summed E-state index contributed by atoms with van der Waals surface area (Å²) in [5, 5.41) is 10.4. The Kier molecular flexibility index (Phi) is 6.59. The fraction of sp³-hybridized carbons (Fsp3) is 0.765. The highest BCUT2D eigenvalue weighted by atomic mass is 16.2. The zero-order valence-corrected chi connectivity index (χ0v) is 14.9. The van der Waals surface area contributed by atoms with Crippen LogP contribution in [0.4, 0.5) is 0 Å². The number of rotatable bonds is 7. The van der Waals surface area contributed by atoms with Crippen LogP contribution in [0.1, 0.15) is 43.7 Å². The van der Waals surface area contributed by atoms with Crippen LogP contribution in [0.25, 0.3) is 0 Å². The summed E-state index contributed by atoms with van der Waals surface area (Å²) in [5.74, 6) is 0.702. The van der Waals surface area contributed by atoms with Gasteiger partial charge in [-0.05, 0) is 39.9 Å². The van der Waals surface area contributed by atoms with Gasteiger partial charge < -0.3 is 15.5 Å². The molecule has 2 N–H and O–H groups in total. The average Bonchev–Trinajstić information content (AvgIpc) is 2.95. The molecular formula is C17H31N5O. The van der Waals surface area contributed by atoms with Crippen molar-refractivity contribution >= 4 is 5.91 Å². The van der Waals surface area contributed by atoms with Gasteiger partial charge in [0.25, 0.3) is 0 Å². The third-order valence-corrected chi connectivity index (χ3v) is 4.95. The molecule has 0 radical (unpaired) electrons. The van der Waals surface area contributed by atoms with Gasteiger partial charge in [-0.25, -0.2) is 0 Å². The molecule has 0 bridgehead atoms. The maximum absolute atomic E-state index is 12.6. The van der Waals surface area contributed by atoms with E-state index < -0.39 is 0 Å². The summed E-state index contributed by atoms with van der Waals surface area (Å²) in [5.41, 5.74) is 0.895. The number of hydrogen-bond donors (Lipinski definition) is 2. The molecule has 1 aromatic heterocycles. The van der Waals surface area contributed by atoms with Gasteiger partial charge in [0, 0.05) is 31.4 Å². The van der Waals surface area contributed by atoms with E-state index in [1.165, 1.54) is 32.1 Å². The molecule has 130 valence electrons. The van der Waals surface area contributed by atoms with E-state index in [1.54, 1.807) is 10.9 Å². The number of carbonyl (C=O) groups is 1. The Balaban J connectivity index is 1.94. The predicted molar refractivity (Wildman–Crippen MR) is 92.1 cm³/mol. The third-order valence-electron chi connectivity index (χ3n) is 4.95. The van der Waals surface area contributed by atoms with E-state index >= 15 is 0 Å². The zero-order valence-electron chi connectivity index (χ0n) is 14.9. The lowest BCUT2D eigenvalue weighted by Gasteiger charge is -2.35. The van der Waals surface area contributed by atoms with Crippen LogP contribution in [0.5, 0.6) is 0 Å². The summed E-state index contributed by atoms with van der Waals surface area (Å²) in [4.78, 5) is 14.8. The molecule has 2 unspecified atom stereocenters. The highest BCUT2D eigenvalue weighted by Crippen LogP contribution is 2.28. The second-order valence-corrected chi connectivity index (χ2v) is 6.84. The molecular weight excluding hydrogens is 290 g/mol. The summed E-state index contributed by atoms with van der Waals surface area (Å²) in [6.45, 7) is 0.703. The van der Waals surface area contributed by atoms with Crippen LogP contribution in [-0.4, -0.2) is 54.3 Å². The molecule has 0 spiro atoms. The molecule has 1 aliphatic carbocycles. The van der Waals surface area contributed by atoms with Gasteiger partial charge in [-0.3, -0.25) is 9.48 Å². The SMILES string of the molecule is CNC(C(=O)NCC(C1CCCCC1)N(C)C)c1cnn(C)c1. The minimum Gasteiger partial charge on any atom is -0.353 e. The van der Waals surface area contributed by atoms with Gasteiger partial charge in [0.15, 0.2) is 0 Å². The van der Waals surface area contributed by atoms with Crippen molar-refractivity contribution in [3.63, 3.8) is 0 Å². The lowest BCUT2D eigenvalue weighted by atomic mass is 9.83. The molecule has 1 aromatic rings. The quantitative estimate of drug-likeness (QED) is 0.795. The van der Waals surface area contributed by atoms with Crippen molar-refractivity contribution in [2.24, 2.45) is 13.0 Å². The van der Waals surface area contributed by atoms with E-state index in [2.05, 4.69) is 34.7 Å². The van der Waals surface area contributed by atoms with Crippen molar-refractivity contribution in [3.8, 4) is 0 Å². The fourth-order valence-electron chi connectivity index (χ4n) is 3.64. The molecule has 1 heterocycles. The highest BCUT2D eigenvalue weighted by molar-refractivity contribution is 5.83. The molecule has 1 saturated carbocycles. The van der Waals surface area contributed by atoms with Crippen LogP contribution in [-0.2, 0) is 11.8 Å². The van der Waals surface area contributed by atoms with Gasteiger partial charge >= 0.3 is 0 Å². The monoisotopic (exact) mass is 321 g/mol. The van der Waals surface area contributed by atoms with E-state index in [0.717, 1.165) is 5.56 Å². The van der Waals surface area contributed by atoms with Crippen LogP contribution >= 0.6 is 0 Å². The molecule has 23 heavy (non-hydrogen) atoms. The molecule has 0 aliphatic heterocycles. The largest absolute Gasteiger partial charge is 0.353 e. The first-order valence-corrected chi connectivity index (χ1v) is 8.63. The molecule has 1 fully saturated rings. The van der Waals surface area contributed by atoms with Crippen LogP contribution in [0.15, 0.2) is 12.4 Å². The van der Waals surface area contributed by atoms with Crippen LogP contribution in [0, 0.1) is 5.92 Å². The van der Waals surface area contributed by atoms with E-state index in [-0.39, 0.29) is 11.9 Å². The van der Waals surface area contributed by atoms with Crippen molar-refractivity contribution in [2.75, 3.05) is 27.7 Å². The number of nitrogens with zero attached hydrogens (tertiary/aromatic N) is 3. The Morgan fingerprint density at radius 1 is 1.39 bits per heavy atom. The Bertz CT molecular complexity index is 493. The summed E-state index contributed by atoms with van der Waals surface area (Å²) in [6, 6.07) is 0.0588. The summed E-state index contributed by atoms with van der Waals surface area (Å²) >= 11 is 0. The Morgan fingerprint density at radius 2 is 2.09 bits per heavy atom. The number of hydrogen-bond acceptors (Lipinski definition) is 4. The predicted octanol–water partition coefficient (Wildman–Crippen LogP) is 1.31. The molecule has 2 rings (SSSR count). The minimum absolute atomic E-state index is 0.0168. The van der Waals surface area contributed by atoms with Crippen LogP contribution in [0.3, 0.4) is 0 Å². The Morgan fingerprint density at radius 3 is 2.61 bits per heavy atom. The highest BCUT2D eigenvalue weighted by Gasteiger charge is 2.27. The Hall–Kier alpha value is -1.40. The molecule has 2 atom stereocenters. The first kappa shape index (κ1) is 17.9. The number of carbonyl (C=O) groups excluding carboxylic acids is 1. The maximum atomic E-state index is 12.6. The standard InChI is InChI=1S/C17H31N5O/c1-18-16(14-10-20-22(4)12-14)17(23)19-11-15(21(2)3)13-8-6-5-7-9-13/h10,12-13,15-16,18H,5-9,11H2,1-4H3,(H,19,23). The Labute approximate surface area is 139 Å². The van der Waals surface area contributed by atoms with E-state index in [9.17, 15) is 4.79 Å². The van der Waals surface area contributed by atoms with Gasteiger partial charge in [-0.1, -0.05) is 19.3 Å². The van der Waals surface area contributed by atoms with E-state index in [1.807, 2.05) is 20.3 Å². The van der Waals surface area contributed by atoms with E-state index in [4.69, 9.17) is 0 Å². The van der Waals surface area contributed by atoms with Gasteiger partial charge in [0.05, 0.1) is 6.20 Å². The zero-order chi connectivity index (χ0) is 16.8. The van der Waals surface area contributed by atoms with Crippen molar-refractivity contribution in [2.45, 2.75) is 44.2 Å². The number of aryl methyl sites for hydroxylation is 1. The smallest absolute Gasteiger partial charge is 0.241 e. The van der Waals surface area contributed by atoms with Crippen molar-refractivity contribution in [1.82, 2.24) is 25.3 Å². The van der Waals surface area contributed by atoms with Gasteiger partial charge in [-0.2, -0.15) is 5.10 Å². The van der Waals surface area contributed by atoms with Crippen LogP contribution < -0.4 is 10.6 Å². The van der Waals surface area contributed by atoms with E-state index in [0.29, 0.717) is 18.5 Å². The molecule has 6 nitrogen and oxygen atoms in total. The van der Waals surface area contributed by atoms with Gasteiger partial charge in [0.1, 0.15) is 6.04 Å². The molecule has 6 heteroatoms. The van der Waals surface area contributed by atoms with Crippen LogP contribution in [0.2, 0.25) is 0 Å². The van der Waals surface area contributed by atoms with Crippen molar-refractivity contribution in [3.05, 3.63) is 18.0 Å². The average molecular weight is 321 g/mol. The maximum Gasteiger partial charge on any atom is 0.241 e. The van der Waals surface area contributed by atoms with Gasteiger partial charge in [-0.15, -0.1) is 0 Å². The number of amides is 1. The second kappa shape index (κ2) is 8.45. The molecule has 1 aliphatic rings. The summed E-state index contributed by atoms with van der Waals surface area (Å²) in [6.07, 6.45) is 10.2. The number of nitrogens with one attached hydrogen (secondary N) is 2. The topological polar surface area (TPSA) is 62.2 Å². The molecule has 0 saturated heterocycles. The lowest BCUT2D eigenvalue weighted by molar-refractivity contribution is -0.123. The van der Waals surface area contributed by atoms with Gasteiger partial charge in [0.2, 0.25) is 5.91 Å². The lowest BCUT2D eigenvalue weighted by Crippen LogP contribution is -2.47. The van der Waals surface area contributed by atoms with Crippen molar-refractivity contribution < 1.29 is 4.79 Å².